The molecule has 0 N–H and O–H groups in total. The molecule has 5 rings (SSSR count). The molecule has 174 valence electrons. The van der Waals surface area contributed by atoms with Gasteiger partial charge < -0.3 is 14.0 Å². The van der Waals surface area contributed by atoms with E-state index in [9.17, 15) is 9.59 Å². The third-order valence-electron chi connectivity index (χ3n) is 6.33. The van der Waals surface area contributed by atoms with Crippen LogP contribution in [-0.2, 0) is 16.0 Å². The van der Waals surface area contributed by atoms with Gasteiger partial charge in [-0.2, -0.15) is 0 Å². The van der Waals surface area contributed by atoms with Crippen molar-refractivity contribution in [3.63, 3.8) is 0 Å². The van der Waals surface area contributed by atoms with E-state index >= 15 is 0 Å². The molecular weight excluding hydrogens is 448 g/mol. The number of pyridine rings is 1. The molecule has 0 radical (unpaired) electrons. The second-order valence-corrected chi connectivity index (χ2v) is 9.53. The first-order valence-electron chi connectivity index (χ1n) is 11.4. The number of aryl methyl sites for hydroxylation is 1. The zero-order valence-electron chi connectivity index (χ0n) is 19.2. The molecule has 1 atom stereocenters. The fraction of sp³-hybridized carbons (Fsp3) is 0.296. The van der Waals surface area contributed by atoms with Crippen molar-refractivity contribution in [1.82, 2.24) is 9.55 Å². The van der Waals surface area contributed by atoms with Crippen LogP contribution in [0.4, 0.5) is 0 Å². The molecule has 6 nitrogen and oxygen atoms in total. The van der Waals surface area contributed by atoms with Gasteiger partial charge in [0.1, 0.15) is 0 Å². The van der Waals surface area contributed by atoms with Crippen molar-refractivity contribution in [2.24, 2.45) is 0 Å². The van der Waals surface area contributed by atoms with Crippen LogP contribution in [-0.4, -0.2) is 40.6 Å². The van der Waals surface area contributed by atoms with E-state index in [0.29, 0.717) is 27.7 Å². The average Bonchev–Trinajstić information content (AvgIpc) is 3.61. The van der Waals surface area contributed by atoms with Crippen molar-refractivity contribution in [3.8, 4) is 10.6 Å². The Bertz CT molecular complexity index is 1350. The van der Waals surface area contributed by atoms with Gasteiger partial charge in [-0.15, -0.1) is 11.3 Å². The van der Waals surface area contributed by atoms with Crippen LogP contribution in [0, 0.1) is 13.8 Å². The fourth-order valence-electron chi connectivity index (χ4n) is 4.54. The number of thiophene rings is 1. The van der Waals surface area contributed by atoms with Gasteiger partial charge in [-0.05, 0) is 56.3 Å². The van der Waals surface area contributed by atoms with Crippen LogP contribution in [0.25, 0.3) is 21.5 Å². The number of fused-ring (bicyclic) bond motifs is 1. The van der Waals surface area contributed by atoms with Crippen molar-refractivity contribution in [2.75, 3.05) is 13.2 Å². The molecule has 0 unspecified atom stereocenters. The van der Waals surface area contributed by atoms with E-state index in [1.54, 1.807) is 17.4 Å². The second-order valence-electron chi connectivity index (χ2n) is 8.58. The second kappa shape index (κ2) is 9.52. The van der Waals surface area contributed by atoms with Gasteiger partial charge in [-0.1, -0.05) is 24.3 Å². The summed E-state index contributed by atoms with van der Waals surface area (Å²) in [6, 6.07) is 15.0. The number of hydrogen-bond donors (Lipinski definition) is 0. The van der Waals surface area contributed by atoms with Crippen LogP contribution < -0.4 is 0 Å². The summed E-state index contributed by atoms with van der Waals surface area (Å²) >= 11 is 1.56. The quantitative estimate of drug-likeness (QED) is 0.258. The molecule has 0 saturated carbocycles. The van der Waals surface area contributed by atoms with Crippen LogP contribution >= 0.6 is 11.3 Å². The predicted molar refractivity (Wildman–Crippen MR) is 133 cm³/mol. The Morgan fingerprint density at radius 3 is 2.76 bits per heavy atom. The summed E-state index contributed by atoms with van der Waals surface area (Å²) in [4.78, 5) is 31.7. The van der Waals surface area contributed by atoms with Crippen molar-refractivity contribution < 1.29 is 19.1 Å². The van der Waals surface area contributed by atoms with E-state index in [1.165, 1.54) is 0 Å². The number of ether oxygens (including phenoxy) is 2. The highest BCUT2D eigenvalue weighted by Crippen LogP contribution is 2.28. The van der Waals surface area contributed by atoms with E-state index in [2.05, 4.69) is 4.57 Å². The lowest BCUT2D eigenvalue weighted by molar-refractivity contribution is 0.0476. The third kappa shape index (κ3) is 4.41. The normalized spacial score (nSPS) is 15.6. The van der Waals surface area contributed by atoms with Crippen LogP contribution in [0.2, 0.25) is 0 Å². The first-order chi connectivity index (χ1) is 16.5. The first kappa shape index (κ1) is 22.5. The van der Waals surface area contributed by atoms with Crippen LogP contribution in [0.1, 0.15) is 44.9 Å². The van der Waals surface area contributed by atoms with Crippen molar-refractivity contribution in [2.45, 2.75) is 39.3 Å². The smallest absolute Gasteiger partial charge is 0.339 e. The molecule has 1 saturated heterocycles. The topological polar surface area (TPSA) is 70.4 Å². The summed E-state index contributed by atoms with van der Waals surface area (Å²) in [5.41, 5.74) is 4.30. The highest BCUT2D eigenvalue weighted by molar-refractivity contribution is 7.13. The average molecular weight is 475 g/mol. The molecule has 1 fully saturated rings. The van der Waals surface area contributed by atoms with Gasteiger partial charge in [0.25, 0.3) is 0 Å². The Balaban J connectivity index is 1.35. The summed E-state index contributed by atoms with van der Waals surface area (Å²) in [6.45, 7) is 5.14. The number of nitrogens with zero attached hydrogens (tertiary/aromatic N) is 2. The number of carbonyl (C=O) groups excluding carboxylic acids is 2. The van der Waals surface area contributed by atoms with Crippen LogP contribution in [0.3, 0.4) is 0 Å². The highest BCUT2D eigenvalue weighted by Gasteiger charge is 2.22. The summed E-state index contributed by atoms with van der Waals surface area (Å²) in [6.07, 6.45) is 2.29. The maximum Gasteiger partial charge on any atom is 0.339 e. The Morgan fingerprint density at radius 1 is 1.15 bits per heavy atom. The number of rotatable bonds is 7. The third-order valence-corrected chi connectivity index (χ3v) is 7.22. The maximum atomic E-state index is 13.1. The molecular formula is C27H26N2O4S. The monoisotopic (exact) mass is 474 g/mol. The SMILES string of the molecule is Cc1cc(C(=O)COC(=O)c2cc(-c3cccs3)nc3ccccc23)c(C)n1C[C@@H]1CCCO1. The van der Waals surface area contributed by atoms with Gasteiger partial charge in [-0.3, -0.25) is 4.79 Å². The Hall–Kier alpha value is -3.29. The highest BCUT2D eigenvalue weighted by atomic mass is 32.1. The van der Waals surface area contributed by atoms with Crippen molar-refractivity contribution in [1.29, 1.82) is 0 Å². The van der Waals surface area contributed by atoms with Gasteiger partial charge in [0.05, 0.1) is 27.8 Å². The maximum absolute atomic E-state index is 13.1. The standard InChI is InChI=1S/C27H26N2O4S/c1-17-13-21(18(2)29(17)15-19-7-5-11-32-19)25(30)16-33-27(31)22-14-24(26-10-6-12-34-26)28-23-9-4-3-8-20(22)23/h3-4,6,8-10,12-14,19H,5,7,11,15-16H2,1-2H3/t19-/m0/s1. The Labute approximate surface area is 202 Å². The molecule has 3 aromatic heterocycles. The number of esters is 1. The van der Waals surface area contributed by atoms with Gasteiger partial charge in [-0.25, -0.2) is 9.78 Å². The summed E-state index contributed by atoms with van der Waals surface area (Å²) in [5.74, 6) is -0.741. The molecule has 34 heavy (non-hydrogen) atoms. The summed E-state index contributed by atoms with van der Waals surface area (Å²) in [7, 11) is 0. The first-order valence-corrected chi connectivity index (χ1v) is 12.3. The molecule has 0 spiro atoms. The molecule has 0 aliphatic carbocycles. The van der Waals surface area contributed by atoms with Crippen LogP contribution in [0.15, 0.2) is 53.9 Å². The fourth-order valence-corrected chi connectivity index (χ4v) is 5.22. The predicted octanol–water partition coefficient (Wildman–Crippen LogP) is 5.60. The lowest BCUT2D eigenvalue weighted by Crippen LogP contribution is -2.18. The van der Waals surface area contributed by atoms with Crippen LogP contribution in [0.5, 0.6) is 0 Å². The van der Waals surface area contributed by atoms with E-state index < -0.39 is 5.97 Å². The summed E-state index contributed by atoms with van der Waals surface area (Å²) in [5, 5.41) is 2.67. The minimum absolute atomic E-state index is 0.183. The van der Waals surface area contributed by atoms with E-state index in [4.69, 9.17) is 14.5 Å². The van der Waals surface area contributed by atoms with Gasteiger partial charge >= 0.3 is 5.97 Å². The minimum Gasteiger partial charge on any atom is -0.454 e. The molecule has 4 aromatic rings. The number of hydrogen-bond acceptors (Lipinski definition) is 6. The van der Waals surface area contributed by atoms with Crippen molar-refractivity contribution in [3.05, 3.63) is 76.4 Å². The Morgan fingerprint density at radius 2 is 2.00 bits per heavy atom. The zero-order chi connectivity index (χ0) is 23.7. The van der Waals surface area contributed by atoms with Gasteiger partial charge in [0.15, 0.2) is 6.61 Å². The molecule has 1 aliphatic rings. The van der Waals surface area contributed by atoms with Crippen molar-refractivity contribution >= 4 is 34.0 Å². The number of aromatic nitrogens is 2. The van der Waals surface area contributed by atoms with E-state index in [-0.39, 0.29) is 18.5 Å². The largest absolute Gasteiger partial charge is 0.454 e. The number of ketones is 1. The minimum atomic E-state index is -0.530. The van der Waals surface area contributed by atoms with E-state index in [1.807, 2.05) is 61.7 Å². The summed E-state index contributed by atoms with van der Waals surface area (Å²) < 4.78 is 13.4. The number of carbonyl (C=O) groups is 2. The molecule has 4 heterocycles. The van der Waals surface area contributed by atoms with E-state index in [0.717, 1.165) is 42.3 Å². The lowest BCUT2D eigenvalue weighted by Gasteiger charge is -2.14. The van der Waals surface area contributed by atoms with Gasteiger partial charge in [0, 0.05) is 35.5 Å². The number of para-hydroxylation sites is 1. The number of benzene rings is 1. The zero-order valence-corrected chi connectivity index (χ0v) is 20.1. The molecule has 1 aliphatic heterocycles. The number of Topliss-reactive ketones (excluding diaryl/α,β-unsaturated/α-hetero) is 1. The Kier molecular flexibility index (Phi) is 6.30. The molecule has 1 aromatic carbocycles. The molecule has 0 amide bonds. The molecule has 0 bridgehead atoms. The lowest BCUT2D eigenvalue weighted by atomic mass is 10.1. The van der Waals surface area contributed by atoms with Gasteiger partial charge in [0.2, 0.25) is 5.78 Å². The molecule has 7 heteroatoms.